The zero-order valence-corrected chi connectivity index (χ0v) is 16.8. The number of aliphatic hydroxyl groups is 2. The lowest BCUT2D eigenvalue weighted by atomic mass is 9.60. The van der Waals surface area contributed by atoms with Gasteiger partial charge in [-0.2, -0.15) is 0 Å². The molecule has 6 aliphatic rings. The van der Waals surface area contributed by atoms with Gasteiger partial charge in [0.15, 0.2) is 6.23 Å². The molecule has 27 heavy (non-hydrogen) atoms. The number of hydrogen-bond acceptors (Lipinski definition) is 3. The SMILES string of the molecule is CCC[N+]12C3C[C@@H]([C@H](CC)[C@H]1O)[C@H]1[C@H](O)[C@]4(C[C@@H]12)c1ccccc1N(C)[C@@H]34. The molecule has 146 valence electrons. The van der Waals surface area contributed by atoms with Crippen LogP contribution in [0.2, 0.25) is 0 Å². The van der Waals surface area contributed by atoms with Crippen LogP contribution < -0.4 is 4.90 Å². The monoisotopic (exact) mass is 369 g/mol. The molecule has 4 nitrogen and oxygen atoms in total. The molecule has 5 aliphatic heterocycles. The van der Waals surface area contributed by atoms with Crippen LogP contribution in [-0.2, 0) is 5.41 Å². The van der Waals surface area contributed by atoms with Crippen molar-refractivity contribution in [3.05, 3.63) is 29.8 Å². The fourth-order valence-corrected chi connectivity index (χ4v) is 9.23. The number of likely N-dealkylation sites (N-methyl/N-ethyl adjacent to an activating group) is 1. The first kappa shape index (κ1) is 16.8. The molecule has 1 saturated carbocycles. The third kappa shape index (κ3) is 1.51. The number of aliphatic hydroxyl groups excluding tert-OH is 2. The van der Waals surface area contributed by atoms with Crippen molar-refractivity contribution in [1.29, 1.82) is 0 Å². The molecule has 0 radical (unpaired) electrons. The summed E-state index contributed by atoms with van der Waals surface area (Å²) in [5, 5.41) is 23.6. The van der Waals surface area contributed by atoms with E-state index in [4.69, 9.17) is 0 Å². The number of quaternary nitrogens is 1. The van der Waals surface area contributed by atoms with Crippen molar-refractivity contribution in [1.82, 2.24) is 0 Å². The van der Waals surface area contributed by atoms with Crippen molar-refractivity contribution in [2.45, 2.75) is 75.4 Å². The lowest BCUT2D eigenvalue weighted by Gasteiger charge is -2.68. The van der Waals surface area contributed by atoms with Crippen LogP contribution in [0.15, 0.2) is 24.3 Å². The first-order valence-corrected chi connectivity index (χ1v) is 11.1. The van der Waals surface area contributed by atoms with Crippen LogP contribution in [0.4, 0.5) is 5.69 Å². The highest BCUT2D eigenvalue weighted by molar-refractivity contribution is 5.66. The number of anilines is 1. The van der Waals surface area contributed by atoms with Gasteiger partial charge in [-0.05, 0) is 30.4 Å². The number of piperidine rings is 4. The van der Waals surface area contributed by atoms with Gasteiger partial charge >= 0.3 is 0 Å². The largest absolute Gasteiger partial charge is 0.392 e. The van der Waals surface area contributed by atoms with Gasteiger partial charge in [0.1, 0.15) is 6.04 Å². The van der Waals surface area contributed by atoms with Crippen molar-refractivity contribution in [2.75, 3.05) is 18.5 Å². The molecule has 4 saturated heterocycles. The maximum Gasteiger partial charge on any atom is 0.194 e. The van der Waals surface area contributed by atoms with Gasteiger partial charge in [-0.3, -0.25) is 4.48 Å². The molecule has 5 bridgehead atoms. The Morgan fingerprint density at radius 3 is 2.70 bits per heavy atom. The van der Waals surface area contributed by atoms with Gasteiger partial charge in [-0.1, -0.05) is 32.0 Å². The number of benzene rings is 1. The van der Waals surface area contributed by atoms with E-state index in [1.807, 2.05) is 0 Å². The Bertz CT molecular complexity index is 798. The predicted octanol–water partition coefficient (Wildman–Crippen LogP) is 2.48. The van der Waals surface area contributed by atoms with E-state index in [2.05, 4.69) is 50.1 Å². The Morgan fingerprint density at radius 2 is 1.96 bits per heavy atom. The summed E-state index contributed by atoms with van der Waals surface area (Å²) in [7, 11) is 2.23. The van der Waals surface area contributed by atoms with Gasteiger partial charge in [0.05, 0.1) is 30.1 Å². The molecule has 2 N–H and O–H groups in total. The van der Waals surface area contributed by atoms with E-state index in [1.54, 1.807) is 0 Å². The van der Waals surface area contributed by atoms with Crippen molar-refractivity contribution in [2.24, 2.45) is 17.8 Å². The van der Waals surface area contributed by atoms with Crippen molar-refractivity contribution < 1.29 is 14.7 Å². The molecule has 4 heteroatoms. The van der Waals surface area contributed by atoms with Crippen LogP contribution in [-0.4, -0.2) is 58.7 Å². The zero-order valence-electron chi connectivity index (χ0n) is 16.8. The van der Waals surface area contributed by atoms with Crippen molar-refractivity contribution in [3.8, 4) is 0 Å². The Labute approximate surface area is 162 Å². The Hall–Kier alpha value is -1.10. The molecule has 5 heterocycles. The quantitative estimate of drug-likeness (QED) is 0.805. The number of fused-ring (bicyclic) bond motifs is 2. The number of nitrogens with zero attached hydrogens (tertiary/aromatic N) is 2. The second-order valence-electron chi connectivity index (χ2n) is 10.1. The highest BCUT2D eigenvalue weighted by atomic mass is 16.3. The van der Waals surface area contributed by atoms with Crippen LogP contribution in [0, 0.1) is 17.8 Å². The normalized spacial score (nSPS) is 53.7. The summed E-state index contributed by atoms with van der Waals surface area (Å²) in [5.74, 6) is 1.18. The summed E-state index contributed by atoms with van der Waals surface area (Å²) >= 11 is 0. The van der Waals surface area contributed by atoms with Gasteiger partial charge in [0, 0.05) is 37.4 Å². The Kier molecular flexibility index (Phi) is 3.17. The van der Waals surface area contributed by atoms with Gasteiger partial charge < -0.3 is 15.1 Å². The highest BCUT2D eigenvalue weighted by Gasteiger charge is 2.82. The molecule has 5 fully saturated rings. The van der Waals surface area contributed by atoms with E-state index >= 15 is 0 Å². The van der Waals surface area contributed by atoms with E-state index in [-0.39, 0.29) is 17.7 Å². The van der Waals surface area contributed by atoms with E-state index in [0.717, 1.165) is 30.3 Å². The minimum atomic E-state index is -0.271. The maximum atomic E-state index is 11.9. The third-order valence-corrected chi connectivity index (χ3v) is 9.73. The van der Waals surface area contributed by atoms with Crippen LogP contribution in [0.25, 0.3) is 0 Å². The van der Waals surface area contributed by atoms with E-state index < -0.39 is 0 Å². The summed E-state index contributed by atoms with van der Waals surface area (Å²) in [6.45, 7) is 5.56. The molecular formula is C23H33N2O2+. The fraction of sp³-hybridized carbons (Fsp3) is 0.739. The molecule has 0 amide bonds. The molecule has 1 aromatic carbocycles. The molecule has 0 aromatic heterocycles. The van der Waals surface area contributed by atoms with Gasteiger partial charge in [-0.25, -0.2) is 0 Å². The predicted molar refractivity (Wildman–Crippen MR) is 105 cm³/mol. The Morgan fingerprint density at radius 1 is 1.19 bits per heavy atom. The third-order valence-electron chi connectivity index (χ3n) is 9.73. The number of rotatable bonds is 3. The summed E-state index contributed by atoms with van der Waals surface area (Å²) in [6.07, 6.45) is 3.84. The number of hydrogen-bond donors (Lipinski definition) is 2. The molecule has 1 spiro atoms. The van der Waals surface area contributed by atoms with Crippen molar-refractivity contribution in [3.63, 3.8) is 0 Å². The van der Waals surface area contributed by atoms with E-state index in [0.29, 0.717) is 35.9 Å². The minimum absolute atomic E-state index is 0.127. The summed E-state index contributed by atoms with van der Waals surface area (Å²) in [6, 6.07) is 9.97. The molecular weight excluding hydrogens is 336 g/mol. The average molecular weight is 370 g/mol. The highest BCUT2D eigenvalue weighted by Crippen LogP contribution is 2.71. The average Bonchev–Trinajstić information content (AvgIpc) is 3.06. The lowest BCUT2D eigenvalue weighted by molar-refractivity contribution is -1.04. The van der Waals surface area contributed by atoms with Crippen LogP contribution in [0.5, 0.6) is 0 Å². The lowest BCUT2D eigenvalue weighted by Crippen LogP contribution is -2.83. The summed E-state index contributed by atoms with van der Waals surface area (Å²) < 4.78 is 0.873. The molecule has 2 unspecified atom stereocenters. The smallest absolute Gasteiger partial charge is 0.194 e. The van der Waals surface area contributed by atoms with Gasteiger partial charge in [0.2, 0.25) is 0 Å². The fourth-order valence-electron chi connectivity index (χ4n) is 9.23. The van der Waals surface area contributed by atoms with Crippen molar-refractivity contribution >= 4 is 5.69 Å². The molecule has 7 rings (SSSR count). The van der Waals surface area contributed by atoms with E-state index in [1.165, 1.54) is 17.7 Å². The molecule has 1 aromatic rings. The maximum absolute atomic E-state index is 11.9. The van der Waals surface area contributed by atoms with Crippen LogP contribution >= 0.6 is 0 Å². The zero-order chi connectivity index (χ0) is 18.7. The number of para-hydroxylation sites is 1. The van der Waals surface area contributed by atoms with E-state index in [9.17, 15) is 10.2 Å². The first-order valence-electron chi connectivity index (χ1n) is 11.1. The second-order valence-corrected chi connectivity index (χ2v) is 10.1. The summed E-state index contributed by atoms with van der Waals surface area (Å²) in [4.78, 5) is 2.48. The summed E-state index contributed by atoms with van der Waals surface area (Å²) in [5.41, 5.74) is 2.56. The molecule has 1 aliphatic carbocycles. The molecule has 10 atom stereocenters. The van der Waals surface area contributed by atoms with Crippen LogP contribution in [0.3, 0.4) is 0 Å². The minimum Gasteiger partial charge on any atom is -0.392 e. The topological polar surface area (TPSA) is 43.7 Å². The van der Waals surface area contributed by atoms with Crippen LogP contribution in [0.1, 0.15) is 45.1 Å². The van der Waals surface area contributed by atoms with Gasteiger partial charge in [-0.15, -0.1) is 0 Å². The standard InChI is InChI=1S/C23H33N2O2/c1-4-10-25-17-11-14(13(5-2)22(25)27)19-18(25)12-23(21(19)26)15-8-6-7-9-16(15)24(3)20(17)23/h6-9,13-14,17-22,26-27H,4-5,10-12H2,1-3H3/q+1/t13-,14-,17?,18-,19+,20-,21-,22+,23+,25?/m0/s1. The van der Waals surface area contributed by atoms with Gasteiger partial charge in [0.25, 0.3) is 0 Å². The first-order chi connectivity index (χ1) is 13.0. The second kappa shape index (κ2) is 5.08. The Balaban J connectivity index is 1.62.